The van der Waals surface area contributed by atoms with Gasteiger partial charge < -0.3 is 10.0 Å². The molecular weight excluding hydrogens is 305 g/mol. The summed E-state index contributed by atoms with van der Waals surface area (Å²) in [5.41, 5.74) is 0.768. The lowest BCUT2D eigenvalue weighted by Crippen LogP contribution is -2.31. The zero-order chi connectivity index (χ0) is 16.5. The molecule has 1 aromatic heterocycles. The molecule has 2 atom stereocenters. The van der Waals surface area contributed by atoms with Crippen molar-refractivity contribution in [1.29, 1.82) is 0 Å². The van der Waals surface area contributed by atoms with Crippen LogP contribution in [-0.2, 0) is 0 Å². The zero-order valence-electron chi connectivity index (χ0n) is 13.6. The summed E-state index contributed by atoms with van der Waals surface area (Å²) >= 11 is 0. The van der Waals surface area contributed by atoms with E-state index in [0.29, 0.717) is 12.3 Å². The van der Waals surface area contributed by atoms with Crippen LogP contribution in [0.3, 0.4) is 0 Å². The van der Waals surface area contributed by atoms with Crippen molar-refractivity contribution in [2.45, 2.75) is 50.2 Å². The molecule has 1 aliphatic carbocycles. The Morgan fingerprint density at radius 2 is 1.96 bits per heavy atom. The Morgan fingerprint density at radius 3 is 2.71 bits per heavy atom. The van der Waals surface area contributed by atoms with E-state index >= 15 is 0 Å². The van der Waals surface area contributed by atoms with Gasteiger partial charge in [0.2, 0.25) is 0 Å². The fourth-order valence-corrected chi connectivity index (χ4v) is 3.52. The average molecular weight is 327 g/mol. The highest BCUT2D eigenvalue weighted by atomic mass is 19.1. The van der Waals surface area contributed by atoms with Gasteiger partial charge in [0.05, 0.1) is 6.10 Å². The molecule has 0 radical (unpaired) electrons. The van der Waals surface area contributed by atoms with Crippen LogP contribution in [0.15, 0.2) is 36.5 Å². The van der Waals surface area contributed by atoms with Gasteiger partial charge in [0, 0.05) is 24.7 Å². The molecule has 4 nitrogen and oxygen atoms in total. The minimum atomic E-state index is -0.582. The smallest absolute Gasteiger partial charge is 0.133 e. The molecule has 2 aromatic rings. The molecular formula is C19H22FN3O. The van der Waals surface area contributed by atoms with Crippen LogP contribution in [-0.4, -0.2) is 27.7 Å². The fourth-order valence-electron chi connectivity index (χ4n) is 3.52. The molecule has 1 saturated heterocycles. The van der Waals surface area contributed by atoms with Crippen LogP contribution < -0.4 is 4.90 Å². The van der Waals surface area contributed by atoms with E-state index in [1.807, 2.05) is 12.3 Å². The first-order valence-electron chi connectivity index (χ1n) is 8.74. The Bertz CT molecular complexity index is 702. The van der Waals surface area contributed by atoms with E-state index in [9.17, 15) is 9.50 Å². The summed E-state index contributed by atoms with van der Waals surface area (Å²) in [5.74, 6) is 2.19. The van der Waals surface area contributed by atoms with Crippen LogP contribution in [0.25, 0.3) is 0 Å². The summed E-state index contributed by atoms with van der Waals surface area (Å²) in [4.78, 5) is 11.4. The first kappa shape index (κ1) is 15.5. The molecule has 0 bridgehead atoms. The molecule has 4 rings (SSSR count). The van der Waals surface area contributed by atoms with E-state index in [1.165, 1.54) is 25.0 Å². The molecule has 24 heavy (non-hydrogen) atoms. The Hall–Kier alpha value is -2.01. The average Bonchev–Trinajstić information content (AvgIpc) is 3.35. The maximum absolute atomic E-state index is 13.0. The molecule has 1 saturated carbocycles. The largest absolute Gasteiger partial charge is 0.388 e. The molecule has 126 valence electrons. The van der Waals surface area contributed by atoms with E-state index in [0.717, 1.165) is 36.6 Å². The first-order chi connectivity index (χ1) is 11.7. The second-order valence-electron chi connectivity index (χ2n) is 6.84. The van der Waals surface area contributed by atoms with Crippen LogP contribution in [0.2, 0.25) is 0 Å². The number of anilines is 1. The lowest BCUT2D eigenvalue weighted by Gasteiger charge is -2.27. The number of aliphatic hydroxyl groups is 1. The summed E-state index contributed by atoms with van der Waals surface area (Å²) < 4.78 is 13.0. The standard InChI is InChI=1S/C19H22FN3O/c20-15-7-5-13(6-8-15)17(24)12-16-2-1-11-23(16)18-9-10-21-19(22-18)14-3-4-14/h5-10,14,16-17,24H,1-4,11-12H2/t16-,17+/m0/s1. The lowest BCUT2D eigenvalue weighted by atomic mass is 10.0. The molecule has 2 aliphatic rings. The van der Waals surface area contributed by atoms with E-state index in [4.69, 9.17) is 4.98 Å². The Labute approximate surface area is 141 Å². The van der Waals surface area contributed by atoms with Crippen molar-refractivity contribution in [2.24, 2.45) is 0 Å². The highest BCUT2D eigenvalue weighted by Gasteiger charge is 2.30. The minimum absolute atomic E-state index is 0.256. The predicted octanol–water partition coefficient (Wildman–Crippen LogP) is 3.59. The van der Waals surface area contributed by atoms with Crippen LogP contribution in [0, 0.1) is 5.82 Å². The van der Waals surface area contributed by atoms with Gasteiger partial charge in [-0.3, -0.25) is 0 Å². The van der Waals surface area contributed by atoms with Crippen molar-refractivity contribution < 1.29 is 9.50 Å². The number of rotatable bonds is 5. The second-order valence-corrected chi connectivity index (χ2v) is 6.84. The van der Waals surface area contributed by atoms with E-state index in [1.54, 1.807) is 12.1 Å². The van der Waals surface area contributed by atoms with Gasteiger partial charge in [-0.05, 0) is 55.9 Å². The molecule has 0 spiro atoms. The summed E-state index contributed by atoms with van der Waals surface area (Å²) in [6, 6.07) is 8.35. The zero-order valence-corrected chi connectivity index (χ0v) is 13.6. The molecule has 0 unspecified atom stereocenters. The maximum Gasteiger partial charge on any atom is 0.133 e. The second kappa shape index (κ2) is 6.48. The molecule has 2 heterocycles. The molecule has 1 aromatic carbocycles. The van der Waals surface area contributed by atoms with Crippen molar-refractivity contribution in [3.63, 3.8) is 0 Å². The normalized spacial score (nSPS) is 21.9. The van der Waals surface area contributed by atoms with Crippen LogP contribution in [0.1, 0.15) is 55.5 Å². The quantitative estimate of drug-likeness (QED) is 0.912. The Balaban J connectivity index is 1.48. The van der Waals surface area contributed by atoms with Crippen molar-refractivity contribution in [3.8, 4) is 0 Å². The first-order valence-corrected chi connectivity index (χ1v) is 8.74. The Morgan fingerprint density at radius 1 is 1.17 bits per heavy atom. The maximum atomic E-state index is 13.0. The molecule has 0 amide bonds. The number of benzene rings is 1. The summed E-state index contributed by atoms with van der Waals surface area (Å²) in [6.07, 6.45) is 6.42. The number of aliphatic hydroxyl groups excluding tert-OH is 1. The number of aromatic nitrogens is 2. The van der Waals surface area contributed by atoms with Gasteiger partial charge in [-0.25, -0.2) is 14.4 Å². The third kappa shape index (κ3) is 3.26. The van der Waals surface area contributed by atoms with Gasteiger partial charge in [0.1, 0.15) is 17.5 Å². The highest BCUT2D eigenvalue weighted by molar-refractivity contribution is 5.41. The van der Waals surface area contributed by atoms with Crippen LogP contribution in [0.5, 0.6) is 0 Å². The minimum Gasteiger partial charge on any atom is -0.388 e. The van der Waals surface area contributed by atoms with E-state index < -0.39 is 6.10 Å². The third-order valence-electron chi connectivity index (χ3n) is 5.02. The topological polar surface area (TPSA) is 49.2 Å². The van der Waals surface area contributed by atoms with Gasteiger partial charge in [-0.2, -0.15) is 0 Å². The Kier molecular flexibility index (Phi) is 4.19. The fraction of sp³-hybridized carbons (Fsp3) is 0.474. The summed E-state index contributed by atoms with van der Waals surface area (Å²) in [5, 5.41) is 10.5. The number of nitrogens with zero attached hydrogens (tertiary/aromatic N) is 3. The van der Waals surface area contributed by atoms with Crippen LogP contribution in [0.4, 0.5) is 10.2 Å². The van der Waals surface area contributed by atoms with Gasteiger partial charge in [-0.15, -0.1) is 0 Å². The van der Waals surface area contributed by atoms with E-state index in [-0.39, 0.29) is 11.9 Å². The molecule has 1 aliphatic heterocycles. The van der Waals surface area contributed by atoms with Gasteiger partial charge in [0.25, 0.3) is 0 Å². The molecule has 2 fully saturated rings. The monoisotopic (exact) mass is 327 g/mol. The lowest BCUT2D eigenvalue weighted by molar-refractivity contribution is 0.158. The number of hydrogen-bond donors (Lipinski definition) is 1. The van der Waals surface area contributed by atoms with E-state index in [2.05, 4.69) is 9.88 Å². The van der Waals surface area contributed by atoms with Crippen LogP contribution >= 0.6 is 0 Å². The highest BCUT2D eigenvalue weighted by Crippen LogP contribution is 2.39. The van der Waals surface area contributed by atoms with Crippen molar-refractivity contribution in [3.05, 3.63) is 53.7 Å². The molecule has 1 N–H and O–H groups in total. The van der Waals surface area contributed by atoms with Crippen molar-refractivity contribution in [1.82, 2.24) is 9.97 Å². The number of hydrogen-bond acceptors (Lipinski definition) is 4. The predicted molar refractivity (Wildman–Crippen MR) is 90.4 cm³/mol. The van der Waals surface area contributed by atoms with Crippen molar-refractivity contribution >= 4 is 5.82 Å². The van der Waals surface area contributed by atoms with Crippen molar-refractivity contribution in [2.75, 3.05) is 11.4 Å². The van der Waals surface area contributed by atoms with Gasteiger partial charge >= 0.3 is 0 Å². The van der Waals surface area contributed by atoms with Gasteiger partial charge in [-0.1, -0.05) is 12.1 Å². The molecule has 5 heteroatoms. The third-order valence-corrected chi connectivity index (χ3v) is 5.02. The summed E-state index contributed by atoms with van der Waals surface area (Å²) in [7, 11) is 0. The number of halogens is 1. The SMILES string of the molecule is O[C@H](C[C@@H]1CCCN1c1ccnc(C2CC2)n1)c1ccc(F)cc1. The van der Waals surface area contributed by atoms with Gasteiger partial charge in [0.15, 0.2) is 0 Å². The summed E-state index contributed by atoms with van der Waals surface area (Å²) in [6.45, 7) is 0.960.